The lowest BCUT2D eigenvalue weighted by atomic mass is 10.3. The fourth-order valence-electron chi connectivity index (χ4n) is 0.950. The van der Waals surface area contributed by atoms with E-state index in [0.717, 1.165) is 6.20 Å². The number of nitrogens with zero attached hydrogens (tertiary/aromatic N) is 1. The van der Waals surface area contributed by atoms with Crippen LogP contribution in [0.4, 0.5) is 5.82 Å². The zero-order chi connectivity index (χ0) is 12.8. The molecule has 0 spiro atoms. The first-order valence-electron chi connectivity index (χ1n) is 4.36. The molecule has 92 valence electrons. The number of hydrogen-bond donors (Lipinski definition) is 4. The average molecular weight is 243 g/mol. The number of carboxylic acids is 2. The van der Waals surface area contributed by atoms with Crippen LogP contribution < -0.4 is 5.32 Å². The molecule has 17 heavy (non-hydrogen) atoms. The number of nitrogens with one attached hydrogen (secondary N) is 2. The topological polar surface area (TPSA) is 142 Å². The molecule has 0 saturated heterocycles. The van der Waals surface area contributed by atoms with Crippen molar-refractivity contribution < 1.29 is 29.3 Å². The van der Waals surface area contributed by atoms with E-state index in [4.69, 9.17) is 10.2 Å². The van der Waals surface area contributed by atoms with Gasteiger partial charge in [-0.2, -0.15) is 5.10 Å². The Morgan fingerprint density at radius 3 is 2.65 bits per heavy atom. The molecule has 1 aromatic rings. The Morgan fingerprint density at radius 2 is 2.06 bits per heavy atom. The molecule has 1 heterocycles. The molecule has 0 aliphatic carbocycles. The number of ether oxygens (including phenoxy) is 1. The monoisotopic (exact) mass is 243 g/mol. The van der Waals surface area contributed by atoms with E-state index in [-0.39, 0.29) is 11.4 Å². The second kappa shape index (κ2) is 5.61. The Balaban J connectivity index is 2.48. The van der Waals surface area contributed by atoms with E-state index in [0.29, 0.717) is 0 Å². The highest BCUT2D eigenvalue weighted by molar-refractivity contribution is 5.99. The summed E-state index contributed by atoms with van der Waals surface area (Å²) in [6.07, 6.45) is 1.04. The molecular weight excluding hydrogens is 234 g/mol. The van der Waals surface area contributed by atoms with E-state index in [9.17, 15) is 14.4 Å². The fraction of sp³-hybridized carbons (Fsp3) is 0.250. The number of anilines is 1. The van der Waals surface area contributed by atoms with Crippen LogP contribution in [0.25, 0.3) is 0 Å². The van der Waals surface area contributed by atoms with Gasteiger partial charge in [0, 0.05) is 0 Å². The summed E-state index contributed by atoms with van der Waals surface area (Å²) >= 11 is 0. The van der Waals surface area contributed by atoms with Crippen molar-refractivity contribution in [2.24, 2.45) is 0 Å². The third-order valence-corrected chi connectivity index (χ3v) is 1.59. The normalized spacial score (nSPS) is 9.88. The quantitative estimate of drug-likeness (QED) is 0.509. The van der Waals surface area contributed by atoms with Gasteiger partial charge in [0.25, 0.3) is 5.91 Å². The molecule has 0 bridgehead atoms. The van der Waals surface area contributed by atoms with Crippen molar-refractivity contribution in [3.63, 3.8) is 0 Å². The number of rotatable bonds is 6. The van der Waals surface area contributed by atoms with Gasteiger partial charge < -0.3 is 20.3 Å². The van der Waals surface area contributed by atoms with Gasteiger partial charge >= 0.3 is 11.9 Å². The smallest absolute Gasteiger partial charge is 0.341 e. The number of carbonyl (C=O) groups is 3. The molecule has 0 saturated carbocycles. The second-order valence-electron chi connectivity index (χ2n) is 2.90. The summed E-state index contributed by atoms with van der Waals surface area (Å²) in [5, 5.41) is 24.9. The van der Waals surface area contributed by atoms with E-state index in [1.807, 2.05) is 0 Å². The van der Waals surface area contributed by atoms with Crippen LogP contribution in [0.3, 0.4) is 0 Å². The van der Waals surface area contributed by atoms with Crippen molar-refractivity contribution in [2.75, 3.05) is 18.5 Å². The minimum Gasteiger partial charge on any atom is -0.480 e. The molecule has 0 aliphatic rings. The number of aromatic carboxylic acids is 1. The van der Waals surface area contributed by atoms with Crippen LogP contribution in [0, 0.1) is 0 Å². The van der Waals surface area contributed by atoms with Crippen molar-refractivity contribution in [2.45, 2.75) is 0 Å². The van der Waals surface area contributed by atoms with E-state index in [1.54, 1.807) is 0 Å². The number of carboxylic acid groups (broad SMARTS) is 2. The Bertz CT molecular complexity index is 440. The first kappa shape index (κ1) is 12.6. The van der Waals surface area contributed by atoms with Gasteiger partial charge in [-0.1, -0.05) is 0 Å². The third kappa shape index (κ3) is 3.91. The number of amides is 1. The molecule has 0 aliphatic heterocycles. The minimum atomic E-state index is -1.25. The number of aromatic amines is 1. The molecule has 9 nitrogen and oxygen atoms in total. The standard InChI is InChI=1S/C8H9N3O6/c12-5(2-17-3-6(13)14)10-7-4(8(15)16)1-9-11-7/h1H,2-3H2,(H,13,14)(H,15,16)(H2,9,10,11,12). The van der Waals surface area contributed by atoms with E-state index >= 15 is 0 Å². The van der Waals surface area contributed by atoms with Gasteiger partial charge in [-0.05, 0) is 0 Å². The molecule has 1 rings (SSSR count). The second-order valence-corrected chi connectivity index (χ2v) is 2.90. The average Bonchev–Trinajstić information content (AvgIpc) is 2.65. The summed E-state index contributed by atoms with van der Waals surface area (Å²) < 4.78 is 4.51. The lowest BCUT2D eigenvalue weighted by Gasteiger charge is -2.03. The highest BCUT2D eigenvalue weighted by Crippen LogP contribution is 2.09. The first-order chi connectivity index (χ1) is 8.00. The lowest BCUT2D eigenvalue weighted by molar-refractivity contribution is -0.143. The summed E-state index contributed by atoms with van der Waals surface area (Å²) in [4.78, 5) is 31.9. The van der Waals surface area contributed by atoms with Crippen molar-refractivity contribution in [1.29, 1.82) is 0 Å². The maximum Gasteiger partial charge on any atom is 0.341 e. The predicted molar refractivity (Wildman–Crippen MR) is 52.6 cm³/mol. The SMILES string of the molecule is O=C(O)COCC(=O)Nc1[nH]ncc1C(=O)O. The minimum absolute atomic E-state index is 0.0820. The van der Waals surface area contributed by atoms with Crippen LogP contribution in [0.1, 0.15) is 10.4 Å². The van der Waals surface area contributed by atoms with Crippen LogP contribution in [0.15, 0.2) is 6.20 Å². The first-order valence-corrected chi connectivity index (χ1v) is 4.36. The van der Waals surface area contributed by atoms with Crippen molar-refractivity contribution in [1.82, 2.24) is 10.2 Å². The van der Waals surface area contributed by atoms with Gasteiger partial charge in [0.1, 0.15) is 24.6 Å². The van der Waals surface area contributed by atoms with Gasteiger partial charge in [-0.3, -0.25) is 9.89 Å². The number of aromatic nitrogens is 2. The van der Waals surface area contributed by atoms with Crippen LogP contribution >= 0.6 is 0 Å². The summed E-state index contributed by atoms with van der Waals surface area (Å²) in [7, 11) is 0. The van der Waals surface area contributed by atoms with E-state index in [1.165, 1.54) is 0 Å². The predicted octanol–water partition coefficient (Wildman–Crippen LogP) is -0.852. The number of aliphatic carboxylic acids is 1. The zero-order valence-electron chi connectivity index (χ0n) is 8.47. The van der Waals surface area contributed by atoms with Gasteiger partial charge in [0.05, 0.1) is 6.20 Å². The molecule has 4 N–H and O–H groups in total. The van der Waals surface area contributed by atoms with Gasteiger partial charge in [0.15, 0.2) is 0 Å². The Morgan fingerprint density at radius 1 is 1.35 bits per heavy atom. The Hall–Kier alpha value is -2.42. The fourth-order valence-corrected chi connectivity index (χ4v) is 0.950. The van der Waals surface area contributed by atoms with Crippen LogP contribution in [0.2, 0.25) is 0 Å². The molecule has 1 amide bonds. The summed E-state index contributed by atoms with van der Waals surface area (Å²) in [5.41, 5.74) is -0.198. The molecule has 9 heteroatoms. The molecule has 1 aromatic heterocycles. The highest BCUT2D eigenvalue weighted by atomic mass is 16.5. The molecular formula is C8H9N3O6. The van der Waals surface area contributed by atoms with Gasteiger partial charge in [0.2, 0.25) is 0 Å². The Kier molecular flexibility index (Phi) is 4.17. The Labute approximate surface area is 94.4 Å². The van der Waals surface area contributed by atoms with Gasteiger partial charge in [-0.25, -0.2) is 9.59 Å². The zero-order valence-corrected chi connectivity index (χ0v) is 8.47. The molecule has 0 fully saturated rings. The van der Waals surface area contributed by atoms with E-state index in [2.05, 4.69) is 20.3 Å². The van der Waals surface area contributed by atoms with Crippen molar-refractivity contribution in [3.8, 4) is 0 Å². The third-order valence-electron chi connectivity index (χ3n) is 1.59. The molecule has 0 radical (unpaired) electrons. The maximum absolute atomic E-state index is 11.2. The lowest BCUT2D eigenvalue weighted by Crippen LogP contribution is -2.21. The summed E-state index contributed by atoms with van der Waals surface area (Å²) in [6.45, 7) is -1.10. The highest BCUT2D eigenvalue weighted by Gasteiger charge is 2.14. The van der Waals surface area contributed by atoms with Gasteiger partial charge in [-0.15, -0.1) is 0 Å². The maximum atomic E-state index is 11.2. The number of H-pyrrole nitrogens is 1. The largest absolute Gasteiger partial charge is 0.480 e. The van der Waals surface area contributed by atoms with Crippen molar-refractivity contribution in [3.05, 3.63) is 11.8 Å². The summed E-state index contributed by atoms with van der Waals surface area (Å²) in [6, 6.07) is 0. The van der Waals surface area contributed by atoms with Crippen molar-refractivity contribution >= 4 is 23.7 Å². The molecule has 0 atom stereocenters. The van der Waals surface area contributed by atoms with Crippen LogP contribution in [-0.4, -0.2) is 51.5 Å². The summed E-state index contributed by atoms with van der Waals surface area (Å²) in [5.74, 6) is -3.22. The van der Waals surface area contributed by atoms with Crippen LogP contribution in [-0.2, 0) is 14.3 Å². The van der Waals surface area contributed by atoms with E-state index < -0.39 is 31.1 Å². The number of carbonyl (C=O) groups excluding carboxylic acids is 1. The molecule has 0 aromatic carbocycles. The number of hydrogen-bond acceptors (Lipinski definition) is 5. The molecule has 0 unspecified atom stereocenters. The van der Waals surface area contributed by atoms with Crippen LogP contribution in [0.5, 0.6) is 0 Å².